The molecule has 0 aliphatic rings. The van der Waals surface area contributed by atoms with E-state index in [0.29, 0.717) is 15.6 Å². The van der Waals surface area contributed by atoms with Gasteiger partial charge in [-0.15, -0.1) is 11.3 Å². The van der Waals surface area contributed by atoms with Crippen molar-refractivity contribution in [3.8, 4) is 16.5 Å². The second kappa shape index (κ2) is 4.17. The molecule has 1 aromatic carbocycles. The quantitative estimate of drug-likeness (QED) is 0.834. The van der Waals surface area contributed by atoms with Gasteiger partial charge in [0, 0.05) is 9.90 Å². The average Bonchev–Trinajstić information content (AvgIpc) is 2.58. The van der Waals surface area contributed by atoms with Crippen molar-refractivity contribution in [3.05, 3.63) is 39.7 Å². The van der Waals surface area contributed by atoms with Gasteiger partial charge >= 0.3 is 0 Å². The topological polar surface area (TPSA) is 49.8 Å². The summed E-state index contributed by atoms with van der Waals surface area (Å²) in [4.78, 5) is 1.52. The van der Waals surface area contributed by atoms with E-state index in [1.807, 2.05) is 31.2 Å². The van der Waals surface area contributed by atoms with Gasteiger partial charge < -0.3 is 5.73 Å². The molecule has 2 aromatic rings. The number of halogens is 1. The van der Waals surface area contributed by atoms with Crippen molar-refractivity contribution >= 4 is 28.6 Å². The number of hydrogen-bond acceptors (Lipinski definition) is 3. The third-order valence-corrected chi connectivity index (χ3v) is 3.51. The Kier molecular flexibility index (Phi) is 2.86. The summed E-state index contributed by atoms with van der Waals surface area (Å²) in [7, 11) is 0. The molecule has 80 valence electrons. The molecule has 0 saturated carbocycles. The third-order valence-electron chi connectivity index (χ3n) is 2.19. The van der Waals surface area contributed by atoms with Gasteiger partial charge in [0.2, 0.25) is 0 Å². The molecule has 0 radical (unpaired) electrons. The summed E-state index contributed by atoms with van der Waals surface area (Å²) in [6, 6.07) is 9.69. The summed E-state index contributed by atoms with van der Waals surface area (Å²) in [6.07, 6.45) is 0. The van der Waals surface area contributed by atoms with Gasteiger partial charge in [0.25, 0.3) is 0 Å². The van der Waals surface area contributed by atoms with Gasteiger partial charge in [0.05, 0.1) is 5.69 Å². The smallest absolute Gasteiger partial charge is 0.128 e. The molecule has 16 heavy (non-hydrogen) atoms. The second-order valence-electron chi connectivity index (χ2n) is 3.52. The van der Waals surface area contributed by atoms with E-state index in [9.17, 15) is 0 Å². The zero-order chi connectivity index (χ0) is 11.7. The van der Waals surface area contributed by atoms with E-state index in [1.165, 1.54) is 11.3 Å². The Morgan fingerprint density at radius 2 is 2.06 bits per heavy atom. The van der Waals surface area contributed by atoms with E-state index in [-0.39, 0.29) is 0 Å². The van der Waals surface area contributed by atoms with E-state index >= 15 is 0 Å². The van der Waals surface area contributed by atoms with Crippen LogP contribution in [0.3, 0.4) is 0 Å². The second-order valence-corrected chi connectivity index (χ2v) is 5.01. The highest BCUT2D eigenvalue weighted by Crippen LogP contribution is 2.34. The number of aryl methyl sites for hydroxylation is 1. The molecule has 0 saturated heterocycles. The van der Waals surface area contributed by atoms with Crippen molar-refractivity contribution in [1.29, 1.82) is 5.26 Å². The minimum Gasteiger partial charge on any atom is -0.397 e. The van der Waals surface area contributed by atoms with Crippen LogP contribution in [0.4, 0.5) is 5.69 Å². The fraction of sp³-hybridized carbons (Fsp3) is 0.0833. The number of nitriles is 1. The highest BCUT2D eigenvalue weighted by Gasteiger charge is 2.08. The molecule has 0 unspecified atom stereocenters. The first kappa shape index (κ1) is 11.0. The molecule has 4 heteroatoms. The van der Waals surface area contributed by atoms with E-state index < -0.39 is 0 Å². The first-order valence-corrected chi connectivity index (χ1v) is 5.86. The monoisotopic (exact) mass is 248 g/mol. The fourth-order valence-electron chi connectivity index (χ4n) is 1.51. The number of nitrogens with zero attached hydrogens (tertiary/aromatic N) is 1. The van der Waals surface area contributed by atoms with Crippen LogP contribution in [0.1, 0.15) is 10.4 Å². The van der Waals surface area contributed by atoms with Crippen LogP contribution in [0.15, 0.2) is 24.3 Å². The first-order chi connectivity index (χ1) is 7.60. The lowest BCUT2D eigenvalue weighted by molar-refractivity contribution is 1.48. The summed E-state index contributed by atoms with van der Waals surface area (Å²) in [6.45, 7) is 1.98. The Balaban J connectivity index is 2.55. The summed E-state index contributed by atoms with van der Waals surface area (Å²) in [5.74, 6) is 0. The number of anilines is 1. The largest absolute Gasteiger partial charge is 0.397 e. The lowest BCUT2D eigenvalue weighted by Crippen LogP contribution is -1.81. The van der Waals surface area contributed by atoms with Gasteiger partial charge in [-0.3, -0.25) is 0 Å². The van der Waals surface area contributed by atoms with Crippen LogP contribution >= 0.6 is 22.9 Å². The zero-order valence-corrected chi connectivity index (χ0v) is 10.2. The highest BCUT2D eigenvalue weighted by atomic mass is 35.5. The summed E-state index contributed by atoms with van der Waals surface area (Å²) in [5, 5.41) is 9.54. The molecular weight excluding hydrogens is 240 g/mol. The van der Waals surface area contributed by atoms with Crippen LogP contribution in [0, 0.1) is 18.3 Å². The number of benzene rings is 1. The Labute approximate surface area is 103 Å². The van der Waals surface area contributed by atoms with Gasteiger partial charge in [0.1, 0.15) is 10.9 Å². The normalized spacial score (nSPS) is 10.1. The molecule has 0 fully saturated rings. The fourth-order valence-corrected chi connectivity index (χ4v) is 2.67. The molecule has 1 heterocycles. The SMILES string of the molecule is Cc1cc(Cl)cc(-c2cc(N)c(C#N)s2)c1. The van der Waals surface area contributed by atoms with E-state index in [0.717, 1.165) is 16.0 Å². The molecule has 1 aromatic heterocycles. The van der Waals surface area contributed by atoms with E-state index in [4.69, 9.17) is 22.6 Å². The van der Waals surface area contributed by atoms with Crippen molar-refractivity contribution < 1.29 is 0 Å². The molecule has 0 aliphatic heterocycles. The summed E-state index contributed by atoms with van der Waals surface area (Å²) >= 11 is 7.37. The van der Waals surface area contributed by atoms with E-state index in [2.05, 4.69) is 6.07 Å². The minimum atomic E-state index is 0.528. The van der Waals surface area contributed by atoms with Crippen molar-refractivity contribution in [2.45, 2.75) is 6.92 Å². The number of thiophene rings is 1. The molecular formula is C12H9ClN2S. The minimum absolute atomic E-state index is 0.528. The molecule has 2 rings (SSSR count). The third kappa shape index (κ3) is 2.04. The van der Waals surface area contributed by atoms with Crippen LogP contribution in [-0.4, -0.2) is 0 Å². The maximum Gasteiger partial charge on any atom is 0.128 e. The van der Waals surface area contributed by atoms with Crippen LogP contribution in [0.5, 0.6) is 0 Å². The molecule has 0 atom stereocenters. The lowest BCUT2D eigenvalue weighted by atomic mass is 10.1. The average molecular weight is 249 g/mol. The van der Waals surface area contributed by atoms with Gasteiger partial charge in [-0.05, 0) is 36.2 Å². The van der Waals surface area contributed by atoms with Gasteiger partial charge in [0.15, 0.2) is 0 Å². The molecule has 0 amide bonds. The number of hydrogen-bond donors (Lipinski definition) is 1. The van der Waals surface area contributed by atoms with Crippen molar-refractivity contribution in [1.82, 2.24) is 0 Å². The summed E-state index contributed by atoms with van der Waals surface area (Å²) < 4.78 is 0. The lowest BCUT2D eigenvalue weighted by Gasteiger charge is -2.00. The zero-order valence-electron chi connectivity index (χ0n) is 8.62. The van der Waals surface area contributed by atoms with Crippen LogP contribution < -0.4 is 5.73 Å². The van der Waals surface area contributed by atoms with Gasteiger partial charge in [-0.25, -0.2) is 0 Å². The Morgan fingerprint density at radius 3 is 2.62 bits per heavy atom. The number of nitrogens with two attached hydrogens (primary N) is 1. The van der Waals surface area contributed by atoms with Crippen LogP contribution in [-0.2, 0) is 0 Å². The first-order valence-electron chi connectivity index (χ1n) is 4.67. The Morgan fingerprint density at radius 1 is 1.31 bits per heavy atom. The van der Waals surface area contributed by atoms with Crippen LogP contribution in [0.25, 0.3) is 10.4 Å². The van der Waals surface area contributed by atoms with Crippen molar-refractivity contribution in [2.75, 3.05) is 5.73 Å². The van der Waals surface area contributed by atoms with E-state index in [1.54, 1.807) is 0 Å². The summed E-state index contributed by atoms with van der Waals surface area (Å²) in [5.41, 5.74) is 8.34. The maximum absolute atomic E-state index is 8.84. The van der Waals surface area contributed by atoms with Crippen molar-refractivity contribution in [3.63, 3.8) is 0 Å². The highest BCUT2D eigenvalue weighted by molar-refractivity contribution is 7.16. The molecule has 0 bridgehead atoms. The standard InChI is InChI=1S/C12H9ClN2S/c1-7-2-8(4-9(13)3-7)11-5-10(15)12(6-14)16-11/h2-5H,15H2,1H3. The number of rotatable bonds is 1. The van der Waals surface area contributed by atoms with Gasteiger partial charge in [-0.1, -0.05) is 17.7 Å². The maximum atomic E-state index is 8.84. The Hall–Kier alpha value is -1.50. The van der Waals surface area contributed by atoms with Crippen LogP contribution in [0.2, 0.25) is 5.02 Å². The molecule has 0 spiro atoms. The molecule has 2 nitrogen and oxygen atoms in total. The van der Waals surface area contributed by atoms with Crippen molar-refractivity contribution in [2.24, 2.45) is 0 Å². The molecule has 0 aliphatic carbocycles. The molecule has 2 N–H and O–H groups in total. The predicted octanol–water partition coefficient (Wildman–Crippen LogP) is 3.83. The predicted molar refractivity (Wildman–Crippen MR) is 68.6 cm³/mol. The number of nitrogen functional groups attached to an aromatic ring is 1. The Bertz CT molecular complexity index is 561. The van der Waals surface area contributed by atoms with Gasteiger partial charge in [-0.2, -0.15) is 5.26 Å².